The van der Waals surface area contributed by atoms with E-state index in [2.05, 4.69) is 17.6 Å². The van der Waals surface area contributed by atoms with Gasteiger partial charge in [0.1, 0.15) is 0 Å². The van der Waals surface area contributed by atoms with Gasteiger partial charge in [-0.05, 0) is 69.2 Å². The molecule has 2 bridgehead atoms. The fourth-order valence-electron chi connectivity index (χ4n) is 4.40. The molecule has 18 heavy (non-hydrogen) atoms. The number of rotatable bonds is 6. The Hall–Kier alpha value is -0.0800. The van der Waals surface area contributed by atoms with Crippen molar-refractivity contribution >= 4 is 0 Å². The summed E-state index contributed by atoms with van der Waals surface area (Å²) in [5.41, 5.74) is 0.688. The minimum absolute atomic E-state index is 0.688. The molecule has 0 amide bonds. The highest BCUT2D eigenvalue weighted by atomic mass is 15.0. The highest BCUT2D eigenvalue weighted by molar-refractivity contribution is 4.92. The average Bonchev–Trinajstić information content (AvgIpc) is 2.67. The third kappa shape index (κ3) is 2.75. The molecule has 2 unspecified atom stereocenters. The van der Waals surface area contributed by atoms with Crippen LogP contribution in [0.2, 0.25) is 0 Å². The van der Waals surface area contributed by atoms with Crippen molar-refractivity contribution in [1.29, 1.82) is 0 Å². The second-order valence-corrected chi connectivity index (χ2v) is 7.15. The van der Waals surface area contributed by atoms with Crippen molar-refractivity contribution in [2.75, 3.05) is 13.1 Å². The fourth-order valence-corrected chi connectivity index (χ4v) is 4.40. The Balaban J connectivity index is 1.33. The Morgan fingerprint density at radius 1 is 1.17 bits per heavy atom. The molecule has 2 heterocycles. The summed E-state index contributed by atoms with van der Waals surface area (Å²) in [6.07, 6.45) is 12.9. The summed E-state index contributed by atoms with van der Waals surface area (Å²) in [6.45, 7) is 4.90. The van der Waals surface area contributed by atoms with E-state index in [1.165, 1.54) is 70.9 Å². The number of hydrogen-bond acceptors (Lipinski definition) is 2. The second kappa shape index (κ2) is 5.50. The van der Waals surface area contributed by atoms with E-state index in [4.69, 9.17) is 0 Å². The van der Waals surface area contributed by atoms with Gasteiger partial charge in [-0.1, -0.05) is 13.3 Å². The zero-order valence-electron chi connectivity index (χ0n) is 12.0. The molecular formula is C16H30N2. The molecule has 0 spiro atoms. The van der Waals surface area contributed by atoms with Crippen molar-refractivity contribution in [2.24, 2.45) is 11.3 Å². The molecule has 0 aromatic carbocycles. The molecular weight excluding hydrogens is 220 g/mol. The highest BCUT2D eigenvalue weighted by Crippen LogP contribution is 2.43. The minimum atomic E-state index is 0.688. The van der Waals surface area contributed by atoms with Gasteiger partial charge in [0.2, 0.25) is 0 Å². The van der Waals surface area contributed by atoms with Gasteiger partial charge in [-0.2, -0.15) is 0 Å². The molecule has 0 radical (unpaired) electrons. The van der Waals surface area contributed by atoms with Gasteiger partial charge in [0.25, 0.3) is 0 Å². The number of nitrogens with one attached hydrogen (secondary N) is 2. The van der Waals surface area contributed by atoms with Gasteiger partial charge in [-0.15, -0.1) is 0 Å². The molecule has 2 atom stereocenters. The molecule has 2 saturated heterocycles. The van der Waals surface area contributed by atoms with Crippen molar-refractivity contribution in [2.45, 2.75) is 76.8 Å². The van der Waals surface area contributed by atoms with Gasteiger partial charge in [0, 0.05) is 18.6 Å². The zero-order valence-corrected chi connectivity index (χ0v) is 12.0. The predicted molar refractivity (Wildman–Crippen MR) is 76.7 cm³/mol. The molecule has 0 aromatic rings. The number of hydrogen-bond donors (Lipinski definition) is 2. The molecule has 1 aliphatic carbocycles. The Labute approximate surface area is 112 Å². The summed E-state index contributed by atoms with van der Waals surface area (Å²) in [5.74, 6) is 0.996. The Morgan fingerprint density at radius 2 is 1.89 bits per heavy atom. The quantitative estimate of drug-likeness (QED) is 0.708. The first-order chi connectivity index (χ1) is 8.80. The summed E-state index contributed by atoms with van der Waals surface area (Å²) in [7, 11) is 0. The van der Waals surface area contributed by atoms with E-state index in [0.717, 1.165) is 18.0 Å². The topological polar surface area (TPSA) is 24.1 Å². The molecule has 3 fully saturated rings. The molecule has 3 aliphatic rings. The van der Waals surface area contributed by atoms with E-state index in [-0.39, 0.29) is 0 Å². The van der Waals surface area contributed by atoms with Crippen LogP contribution < -0.4 is 10.6 Å². The zero-order chi connectivity index (χ0) is 12.4. The molecule has 2 aliphatic heterocycles. The number of fused-ring (bicyclic) bond motifs is 2. The average molecular weight is 250 g/mol. The van der Waals surface area contributed by atoms with Crippen LogP contribution in [0, 0.1) is 11.3 Å². The maximum atomic E-state index is 3.76. The predicted octanol–water partition coefficient (Wildman–Crippen LogP) is 3.08. The Morgan fingerprint density at radius 3 is 2.44 bits per heavy atom. The van der Waals surface area contributed by atoms with E-state index < -0.39 is 0 Å². The van der Waals surface area contributed by atoms with Gasteiger partial charge in [0.05, 0.1) is 0 Å². The van der Waals surface area contributed by atoms with Crippen LogP contribution in [0.25, 0.3) is 0 Å². The molecule has 3 rings (SSSR count). The first-order valence-corrected chi connectivity index (χ1v) is 8.26. The van der Waals surface area contributed by atoms with Crippen LogP contribution in [0.3, 0.4) is 0 Å². The van der Waals surface area contributed by atoms with Crippen LogP contribution in [-0.2, 0) is 0 Å². The second-order valence-electron chi connectivity index (χ2n) is 7.15. The SMILES string of the molecule is CCC1(CNCCC2CC3CCC(C2)N3)CCC1. The van der Waals surface area contributed by atoms with Crippen LogP contribution in [0.5, 0.6) is 0 Å². The largest absolute Gasteiger partial charge is 0.316 e. The van der Waals surface area contributed by atoms with Gasteiger partial charge < -0.3 is 10.6 Å². The third-order valence-corrected chi connectivity index (χ3v) is 5.96. The van der Waals surface area contributed by atoms with Crippen molar-refractivity contribution in [1.82, 2.24) is 10.6 Å². The summed E-state index contributed by atoms with van der Waals surface area (Å²) in [4.78, 5) is 0. The third-order valence-electron chi connectivity index (χ3n) is 5.96. The minimum Gasteiger partial charge on any atom is -0.316 e. The monoisotopic (exact) mass is 250 g/mol. The van der Waals surface area contributed by atoms with Crippen LogP contribution in [0.1, 0.15) is 64.7 Å². The van der Waals surface area contributed by atoms with E-state index in [9.17, 15) is 0 Å². The maximum Gasteiger partial charge on any atom is 0.00728 e. The van der Waals surface area contributed by atoms with E-state index in [0.29, 0.717) is 5.41 Å². The normalized spacial score (nSPS) is 37.5. The van der Waals surface area contributed by atoms with E-state index >= 15 is 0 Å². The lowest BCUT2D eigenvalue weighted by Crippen LogP contribution is -2.41. The van der Waals surface area contributed by atoms with Gasteiger partial charge in [-0.3, -0.25) is 0 Å². The first kappa shape index (κ1) is 12.9. The molecule has 1 saturated carbocycles. The molecule has 2 heteroatoms. The fraction of sp³-hybridized carbons (Fsp3) is 1.00. The molecule has 0 aromatic heterocycles. The van der Waals surface area contributed by atoms with Gasteiger partial charge in [-0.25, -0.2) is 0 Å². The van der Waals surface area contributed by atoms with Crippen molar-refractivity contribution in [3.8, 4) is 0 Å². The first-order valence-electron chi connectivity index (χ1n) is 8.26. The molecule has 104 valence electrons. The van der Waals surface area contributed by atoms with Crippen molar-refractivity contribution in [3.63, 3.8) is 0 Å². The summed E-state index contributed by atoms with van der Waals surface area (Å²) >= 11 is 0. The summed E-state index contributed by atoms with van der Waals surface area (Å²) < 4.78 is 0. The lowest BCUT2D eigenvalue weighted by atomic mass is 9.67. The van der Waals surface area contributed by atoms with Gasteiger partial charge >= 0.3 is 0 Å². The van der Waals surface area contributed by atoms with Crippen molar-refractivity contribution in [3.05, 3.63) is 0 Å². The van der Waals surface area contributed by atoms with Crippen molar-refractivity contribution < 1.29 is 0 Å². The standard InChI is InChI=1S/C16H30N2/c1-2-16(7-3-8-16)12-17-9-6-13-10-14-4-5-15(11-13)18-14/h13-15,17-18H,2-12H2,1H3. The maximum absolute atomic E-state index is 3.76. The smallest absolute Gasteiger partial charge is 0.00728 e. The highest BCUT2D eigenvalue weighted by Gasteiger charge is 2.35. The summed E-state index contributed by atoms with van der Waals surface area (Å²) in [6, 6.07) is 1.73. The van der Waals surface area contributed by atoms with Crippen LogP contribution >= 0.6 is 0 Å². The number of piperidine rings is 1. The lowest BCUT2D eigenvalue weighted by Gasteiger charge is -2.41. The Kier molecular flexibility index (Phi) is 3.95. The molecule has 2 nitrogen and oxygen atoms in total. The molecule has 2 N–H and O–H groups in total. The van der Waals surface area contributed by atoms with Crippen LogP contribution in [0.4, 0.5) is 0 Å². The van der Waals surface area contributed by atoms with Gasteiger partial charge in [0.15, 0.2) is 0 Å². The van der Waals surface area contributed by atoms with Crippen LogP contribution in [0.15, 0.2) is 0 Å². The Bertz CT molecular complexity index is 255. The van der Waals surface area contributed by atoms with E-state index in [1.54, 1.807) is 0 Å². The summed E-state index contributed by atoms with van der Waals surface area (Å²) in [5, 5.41) is 7.50. The van der Waals surface area contributed by atoms with Crippen LogP contribution in [-0.4, -0.2) is 25.2 Å². The van der Waals surface area contributed by atoms with E-state index in [1.807, 2.05) is 0 Å². The lowest BCUT2D eigenvalue weighted by molar-refractivity contribution is 0.123.